The topological polar surface area (TPSA) is 64.3 Å². The Balaban J connectivity index is 0.00000364. The molecule has 0 aliphatic rings. The summed E-state index contributed by atoms with van der Waals surface area (Å²) in [4.78, 5) is 11.9. The average molecular weight is 407 g/mol. The molecule has 0 saturated carbocycles. The van der Waals surface area contributed by atoms with Crippen molar-refractivity contribution < 1.29 is 27.1 Å². The molecule has 27 heavy (non-hydrogen) atoms. The maximum Gasteiger partial charge on any atom is 0.408 e. The number of amides is 1. The number of alkyl halides is 3. The summed E-state index contributed by atoms with van der Waals surface area (Å²) in [7, 11) is 0. The molecule has 4 nitrogen and oxygen atoms in total. The van der Waals surface area contributed by atoms with Crippen LogP contribution in [0.3, 0.4) is 0 Å². The Kier molecular flexibility index (Phi) is 8.05. The van der Waals surface area contributed by atoms with Gasteiger partial charge in [0.1, 0.15) is 23.4 Å². The van der Waals surface area contributed by atoms with Gasteiger partial charge >= 0.3 is 6.18 Å². The van der Waals surface area contributed by atoms with E-state index in [1.807, 2.05) is 12.1 Å². The van der Waals surface area contributed by atoms with Gasteiger partial charge in [-0.1, -0.05) is 12.1 Å². The lowest BCUT2D eigenvalue weighted by Gasteiger charge is -2.17. The molecule has 0 fully saturated rings. The van der Waals surface area contributed by atoms with Crippen LogP contribution in [0, 0.1) is 5.82 Å². The lowest BCUT2D eigenvalue weighted by molar-refractivity contribution is -0.149. The number of carbonyl (C=O) groups excluding carboxylic acids is 1. The van der Waals surface area contributed by atoms with Gasteiger partial charge in [-0.15, -0.1) is 12.4 Å². The molecule has 0 saturated heterocycles. The minimum atomic E-state index is -4.62. The SMILES string of the molecule is CC(NC(=O)c1cc(Oc2ccc(CCN)cc2)ccc1F)C(F)(F)F.Cl. The summed E-state index contributed by atoms with van der Waals surface area (Å²) >= 11 is 0. The number of nitrogens with two attached hydrogens (primary N) is 1. The second kappa shape index (κ2) is 9.57. The van der Waals surface area contributed by atoms with E-state index in [4.69, 9.17) is 10.5 Å². The molecule has 1 unspecified atom stereocenters. The highest BCUT2D eigenvalue weighted by atomic mass is 35.5. The number of nitrogens with one attached hydrogen (secondary N) is 1. The first-order valence-electron chi connectivity index (χ1n) is 7.84. The fourth-order valence-corrected chi connectivity index (χ4v) is 2.13. The molecule has 1 amide bonds. The molecule has 148 valence electrons. The maximum absolute atomic E-state index is 13.8. The molecule has 0 aliphatic heterocycles. The van der Waals surface area contributed by atoms with E-state index < -0.39 is 29.5 Å². The van der Waals surface area contributed by atoms with Crippen LogP contribution in [-0.4, -0.2) is 24.7 Å². The zero-order valence-electron chi connectivity index (χ0n) is 14.3. The van der Waals surface area contributed by atoms with Crippen molar-refractivity contribution in [2.75, 3.05) is 6.54 Å². The molecule has 2 aromatic rings. The fraction of sp³-hybridized carbons (Fsp3) is 0.278. The van der Waals surface area contributed by atoms with Crippen LogP contribution in [0.2, 0.25) is 0 Å². The highest BCUT2D eigenvalue weighted by Crippen LogP contribution is 2.25. The molecule has 2 rings (SSSR count). The molecular formula is C18H19ClF4N2O2. The maximum atomic E-state index is 13.8. The van der Waals surface area contributed by atoms with E-state index in [0.717, 1.165) is 24.6 Å². The van der Waals surface area contributed by atoms with E-state index in [-0.39, 0.29) is 18.2 Å². The van der Waals surface area contributed by atoms with Crippen LogP contribution in [-0.2, 0) is 6.42 Å². The lowest BCUT2D eigenvalue weighted by Crippen LogP contribution is -2.43. The van der Waals surface area contributed by atoms with Crippen molar-refractivity contribution in [2.24, 2.45) is 5.73 Å². The van der Waals surface area contributed by atoms with Gasteiger partial charge in [0.2, 0.25) is 0 Å². The number of carbonyl (C=O) groups is 1. The summed E-state index contributed by atoms with van der Waals surface area (Å²) in [5, 5.41) is 1.72. The third-order valence-electron chi connectivity index (χ3n) is 3.61. The third-order valence-corrected chi connectivity index (χ3v) is 3.61. The number of hydrogen-bond acceptors (Lipinski definition) is 3. The normalized spacial score (nSPS) is 12.1. The van der Waals surface area contributed by atoms with Gasteiger partial charge in [0, 0.05) is 0 Å². The van der Waals surface area contributed by atoms with Gasteiger partial charge in [0.25, 0.3) is 5.91 Å². The highest BCUT2D eigenvalue weighted by molar-refractivity contribution is 5.95. The van der Waals surface area contributed by atoms with Gasteiger partial charge in [-0.2, -0.15) is 13.2 Å². The molecule has 9 heteroatoms. The smallest absolute Gasteiger partial charge is 0.408 e. The lowest BCUT2D eigenvalue weighted by atomic mass is 10.1. The van der Waals surface area contributed by atoms with Crippen molar-refractivity contribution in [3.05, 3.63) is 59.4 Å². The second-order valence-electron chi connectivity index (χ2n) is 5.66. The average Bonchev–Trinajstić information content (AvgIpc) is 2.57. The summed E-state index contributed by atoms with van der Waals surface area (Å²) in [6.45, 7) is 1.28. The summed E-state index contributed by atoms with van der Waals surface area (Å²) in [5.74, 6) is -1.55. The van der Waals surface area contributed by atoms with E-state index in [9.17, 15) is 22.4 Å². The quantitative estimate of drug-likeness (QED) is 0.706. The number of halogens is 5. The first kappa shape index (κ1) is 22.7. The minimum Gasteiger partial charge on any atom is -0.457 e. The van der Waals surface area contributed by atoms with Crippen molar-refractivity contribution in [1.29, 1.82) is 0 Å². The van der Waals surface area contributed by atoms with Crippen LogP contribution in [0.15, 0.2) is 42.5 Å². The molecular weight excluding hydrogens is 388 g/mol. The molecule has 0 bridgehead atoms. The predicted octanol–water partition coefficient (Wildman–Crippen LogP) is 4.22. The monoisotopic (exact) mass is 406 g/mol. The van der Waals surface area contributed by atoms with E-state index in [0.29, 0.717) is 18.7 Å². The fourth-order valence-electron chi connectivity index (χ4n) is 2.13. The summed E-state index contributed by atoms with van der Waals surface area (Å²) in [5.41, 5.74) is 5.95. The van der Waals surface area contributed by atoms with Crippen LogP contribution in [0.5, 0.6) is 11.5 Å². The Hall–Kier alpha value is -2.32. The minimum absolute atomic E-state index is 0. The van der Waals surface area contributed by atoms with Gasteiger partial charge in [0.15, 0.2) is 0 Å². The van der Waals surface area contributed by atoms with Crippen molar-refractivity contribution in [1.82, 2.24) is 5.32 Å². The van der Waals surface area contributed by atoms with Crippen LogP contribution < -0.4 is 15.8 Å². The van der Waals surface area contributed by atoms with E-state index in [1.54, 1.807) is 17.4 Å². The summed E-state index contributed by atoms with van der Waals surface area (Å²) in [6, 6.07) is 8.18. The largest absolute Gasteiger partial charge is 0.457 e. The zero-order chi connectivity index (χ0) is 19.3. The molecule has 0 aromatic heterocycles. The number of ether oxygens (including phenoxy) is 1. The summed E-state index contributed by atoms with van der Waals surface area (Å²) in [6.07, 6.45) is -3.91. The Labute approximate surface area is 160 Å². The van der Waals surface area contributed by atoms with Gasteiger partial charge in [-0.3, -0.25) is 4.79 Å². The molecule has 2 aromatic carbocycles. The Morgan fingerprint density at radius 1 is 1.15 bits per heavy atom. The molecule has 0 heterocycles. The molecule has 3 N–H and O–H groups in total. The first-order chi connectivity index (χ1) is 12.2. The van der Waals surface area contributed by atoms with Gasteiger partial charge < -0.3 is 15.8 Å². The van der Waals surface area contributed by atoms with Gasteiger partial charge in [-0.05, 0) is 55.8 Å². The van der Waals surface area contributed by atoms with E-state index >= 15 is 0 Å². The first-order valence-corrected chi connectivity index (χ1v) is 7.84. The van der Waals surface area contributed by atoms with Crippen LogP contribution in [0.4, 0.5) is 17.6 Å². The van der Waals surface area contributed by atoms with E-state index in [1.165, 1.54) is 6.07 Å². The van der Waals surface area contributed by atoms with Crippen LogP contribution in [0.25, 0.3) is 0 Å². The summed E-state index contributed by atoms with van der Waals surface area (Å²) < 4.78 is 57.0. The highest BCUT2D eigenvalue weighted by Gasteiger charge is 2.37. The number of hydrogen-bond donors (Lipinski definition) is 2. The van der Waals surface area contributed by atoms with Crippen molar-refractivity contribution in [3.8, 4) is 11.5 Å². The van der Waals surface area contributed by atoms with Crippen molar-refractivity contribution in [2.45, 2.75) is 25.6 Å². The van der Waals surface area contributed by atoms with Crippen molar-refractivity contribution in [3.63, 3.8) is 0 Å². The Morgan fingerprint density at radius 2 is 1.74 bits per heavy atom. The standard InChI is InChI=1S/C18H18F4N2O2.ClH/c1-11(18(20,21)22)24-17(25)15-10-14(6-7-16(15)19)26-13-4-2-12(3-5-13)8-9-23;/h2-7,10-11H,8-9,23H2,1H3,(H,24,25);1H. The van der Waals surface area contributed by atoms with Crippen LogP contribution in [0.1, 0.15) is 22.8 Å². The molecule has 0 aliphatic carbocycles. The second-order valence-corrected chi connectivity index (χ2v) is 5.66. The zero-order valence-corrected chi connectivity index (χ0v) is 15.2. The molecule has 0 spiro atoms. The molecule has 1 atom stereocenters. The predicted molar refractivity (Wildman–Crippen MR) is 95.9 cm³/mol. The number of benzene rings is 2. The Bertz CT molecular complexity index is 767. The van der Waals surface area contributed by atoms with Crippen LogP contribution >= 0.6 is 12.4 Å². The van der Waals surface area contributed by atoms with Gasteiger partial charge in [-0.25, -0.2) is 4.39 Å². The van der Waals surface area contributed by atoms with E-state index in [2.05, 4.69) is 0 Å². The van der Waals surface area contributed by atoms with Gasteiger partial charge in [0.05, 0.1) is 5.56 Å². The third kappa shape index (κ3) is 6.41. The van der Waals surface area contributed by atoms with Crippen molar-refractivity contribution >= 4 is 18.3 Å². The Morgan fingerprint density at radius 3 is 2.30 bits per heavy atom. The number of rotatable bonds is 6. The molecule has 0 radical (unpaired) electrons.